The molecule has 1 heterocycles. The molecule has 0 saturated heterocycles. The molecule has 0 aromatic heterocycles. The first-order valence-corrected chi connectivity index (χ1v) is 4.28. The Labute approximate surface area is 89.4 Å². The van der Waals surface area contributed by atoms with E-state index in [-0.39, 0.29) is 12.4 Å². The van der Waals surface area contributed by atoms with E-state index in [0.29, 0.717) is 6.42 Å². The number of benzene rings is 1. The Morgan fingerprint density at radius 3 is 2.50 bits per heavy atom. The molecule has 1 N–H and O–H groups in total. The van der Waals surface area contributed by atoms with Crippen LogP contribution in [0, 0.1) is 0 Å². The van der Waals surface area contributed by atoms with Crippen LogP contribution < -0.4 is 0 Å². The molecular formula is C11H12ClNO. The predicted octanol–water partition coefficient (Wildman–Crippen LogP) is 2.28. The van der Waals surface area contributed by atoms with Crippen molar-refractivity contribution in [1.82, 2.24) is 0 Å². The summed E-state index contributed by atoms with van der Waals surface area (Å²) >= 11 is 0. The Morgan fingerprint density at radius 1 is 1.21 bits per heavy atom. The van der Waals surface area contributed by atoms with E-state index >= 15 is 0 Å². The molecule has 0 radical (unpaired) electrons. The van der Waals surface area contributed by atoms with Gasteiger partial charge >= 0.3 is 0 Å². The average molecular weight is 210 g/mol. The number of halogens is 1. The van der Waals surface area contributed by atoms with Crippen molar-refractivity contribution in [3.8, 4) is 0 Å². The van der Waals surface area contributed by atoms with Crippen LogP contribution in [0.15, 0.2) is 47.6 Å². The zero-order valence-electron chi connectivity index (χ0n) is 7.63. The monoisotopic (exact) mass is 209 g/mol. The van der Waals surface area contributed by atoms with Gasteiger partial charge in [-0.15, -0.1) is 12.4 Å². The van der Waals surface area contributed by atoms with Gasteiger partial charge in [0, 0.05) is 18.8 Å². The third kappa shape index (κ3) is 2.03. The SMILES string of the molecule is Cl.OC1(c2ccccc2)C=CN=CC1. The minimum atomic E-state index is -0.858. The molecule has 3 heteroatoms. The molecule has 0 fully saturated rings. The molecule has 1 unspecified atom stereocenters. The number of hydrogen-bond donors (Lipinski definition) is 1. The van der Waals surface area contributed by atoms with Gasteiger partial charge in [-0.2, -0.15) is 0 Å². The highest BCUT2D eigenvalue weighted by atomic mass is 35.5. The highest BCUT2D eigenvalue weighted by Crippen LogP contribution is 2.27. The third-order valence-corrected chi connectivity index (χ3v) is 2.22. The number of aliphatic hydroxyl groups is 1. The van der Waals surface area contributed by atoms with E-state index in [0.717, 1.165) is 5.56 Å². The number of aliphatic imine (C=N–C) groups is 1. The second-order valence-corrected chi connectivity index (χ2v) is 3.14. The molecule has 1 aliphatic heterocycles. The second kappa shape index (κ2) is 4.40. The van der Waals surface area contributed by atoms with Crippen molar-refractivity contribution in [2.75, 3.05) is 0 Å². The fraction of sp³-hybridized carbons (Fsp3) is 0.182. The van der Waals surface area contributed by atoms with Crippen molar-refractivity contribution in [2.45, 2.75) is 12.0 Å². The summed E-state index contributed by atoms with van der Waals surface area (Å²) < 4.78 is 0. The largest absolute Gasteiger partial charge is 0.381 e. The van der Waals surface area contributed by atoms with Gasteiger partial charge in [0.1, 0.15) is 5.60 Å². The van der Waals surface area contributed by atoms with Crippen molar-refractivity contribution in [3.05, 3.63) is 48.2 Å². The second-order valence-electron chi connectivity index (χ2n) is 3.14. The van der Waals surface area contributed by atoms with Gasteiger partial charge < -0.3 is 5.11 Å². The van der Waals surface area contributed by atoms with E-state index in [2.05, 4.69) is 4.99 Å². The maximum Gasteiger partial charge on any atom is 0.114 e. The summed E-state index contributed by atoms with van der Waals surface area (Å²) in [4.78, 5) is 3.93. The van der Waals surface area contributed by atoms with Crippen LogP contribution in [-0.4, -0.2) is 11.3 Å². The smallest absolute Gasteiger partial charge is 0.114 e. The highest BCUT2D eigenvalue weighted by molar-refractivity contribution is 5.85. The van der Waals surface area contributed by atoms with Crippen LogP contribution in [0.5, 0.6) is 0 Å². The molecule has 0 aliphatic carbocycles. The Bertz CT molecular complexity index is 348. The summed E-state index contributed by atoms with van der Waals surface area (Å²) in [5, 5.41) is 10.2. The Kier molecular flexibility index (Phi) is 3.44. The first kappa shape index (κ1) is 11.0. The molecule has 1 aromatic rings. The van der Waals surface area contributed by atoms with Crippen molar-refractivity contribution in [2.24, 2.45) is 4.99 Å². The lowest BCUT2D eigenvalue weighted by Crippen LogP contribution is -2.24. The van der Waals surface area contributed by atoms with Crippen LogP contribution in [0.2, 0.25) is 0 Å². The molecule has 2 nitrogen and oxygen atoms in total. The summed E-state index contributed by atoms with van der Waals surface area (Å²) in [6.07, 6.45) is 5.64. The molecule has 0 amide bonds. The molecule has 0 bridgehead atoms. The van der Waals surface area contributed by atoms with Gasteiger partial charge in [-0.25, -0.2) is 0 Å². The first-order chi connectivity index (χ1) is 6.31. The predicted molar refractivity (Wildman–Crippen MR) is 59.8 cm³/mol. The maximum absolute atomic E-state index is 10.2. The minimum Gasteiger partial charge on any atom is -0.381 e. The van der Waals surface area contributed by atoms with E-state index in [1.54, 1.807) is 18.5 Å². The van der Waals surface area contributed by atoms with Crippen molar-refractivity contribution < 1.29 is 5.11 Å². The van der Waals surface area contributed by atoms with Gasteiger partial charge in [-0.1, -0.05) is 30.3 Å². The minimum absolute atomic E-state index is 0. The molecule has 1 aliphatic rings. The number of hydrogen-bond acceptors (Lipinski definition) is 2. The van der Waals surface area contributed by atoms with Gasteiger partial charge in [-0.3, -0.25) is 4.99 Å². The standard InChI is InChI=1S/C11H11NO.ClH/c13-11(6-8-12-9-7-11)10-4-2-1-3-5-10;/h1-6,8-9,13H,7H2;1H. The summed E-state index contributed by atoms with van der Waals surface area (Å²) in [6, 6.07) is 9.63. The molecule has 1 aromatic carbocycles. The number of rotatable bonds is 1. The van der Waals surface area contributed by atoms with E-state index in [1.807, 2.05) is 30.3 Å². The zero-order chi connectivity index (χ0) is 9.15. The molecule has 0 spiro atoms. The lowest BCUT2D eigenvalue weighted by atomic mass is 9.90. The summed E-state index contributed by atoms with van der Waals surface area (Å²) in [6.45, 7) is 0. The number of nitrogens with zero attached hydrogens (tertiary/aromatic N) is 1. The van der Waals surface area contributed by atoms with Gasteiger partial charge in [0.25, 0.3) is 0 Å². The molecule has 2 rings (SSSR count). The fourth-order valence-corrected chi connectivity index (χ4v) is 1.43. The van der Waals surface area contributed by atoms with E-state index in [1.165, 1.54) is 0 Å². The molecular weight excluding hydrogens is 198 g/mol. The van der Waals surface area contributed by atoms with Gasteiger partial charge in [0.15, 0.2) is 0 Å². The Hall–Kier alpha value is -1.12. The molecule has 0 saturated carbocycles. The third-order valence-electron chi connectivity index (χ3n) is 2.22. The average Bonchev–Trinajstić information content (AvgIpc) is 2.20. The van der Waals surface area contributed by atoms with Crippen LogP contribution in [0.3, 0.4) is 0 Å². The van der Waals surface area contributed by atoms with Crippen molar-refractivity contribution in [3.63, 3.8) is 0 Å². The maximum atomic E-state index is 10.2. The Balaban J connectivity index is 0.000000980. The lowest BCUT2D eigenvalue weighted by molar-refractivity contribution is 0.0974. The quantitative estimate of drug-likeness (QED) is 0.756. The zero-order valence-corrected chi connectivity index (χ0v) is 8.45. The summed E-state index contributed by atoms with van der Waals surface area (Å²) in [5.41, 5.74) is 0.0561. The summed E-state index contributed by atoms with van der Waals surface area (Å²) in [5.74, 6) is 0. The van der Waals surface area contributed by atoms with Crippen LogP contribution in [0.4, 0.5) is 0 Å². The molecule has 14 heavy (non-hydrogen) atoms. The van der Waals surface area contributed by atoms with E-state index in [4.69, 9.17) is 0 Å². The van der Waals surface area contributed by atoms with E-state index < -0.39 is 5.60 Å². The Morgan fingerprint density at radius 2 is 1.93 bits per heavy atom. The molecule has 74 valence electrons. The van der Waals surface area contributed by atoms with Crippen LogP contribution in [0.25, 0.3) is 0 Å². The molecule has 1 atom stereocenters. The summed E-state index contributed by atoms with van der Waals surface area (Å²) in [7, 11) is 0. The van der Waals surface area contributed by atoms with Crippen molar-refractivity contribution >= 4 is 18.6 Å². The van der Waals surface area contributed by atoms with Crippen LogP contribution in [-0.2, 0) is 5.60 Å². The van der Waals surface area contributed by atoms with Crippen molar-refractivity contribution in [1.29, 1.82) is 0 Å². The van der Waals surface area contributed by atoms with Gasteiger partial charge in [0.2, 0.25) is 0 Å². The van der Waals surface area contributed by atoms with Crippen LogP contribution >= 0.6 is 12.4 Å². The highest BCUT2D eigenvalue weighted by Gasteiger charge is 2.25. The topological polar surface area (TPSA) is 32.6 Å². The normalized spacial score (nSPS) is 24.4. The lowest BCUT2D eigenvalue weighted by Gasteiger charge is -2.24. The van der Waals surface area contributed by atoms with Gasteiger partial charge in [-0.05, 0) is 11.6 Å². The van der Waals surface area contributed by atoms with Gasteiger partial charge in [0.05, 0.1) is 0 Å². The van der Waals surface area contributed by atoms with Crippen LogP contribution in [0.1, 0.15) is 12.0 Å². The fourth-order valence-electron chi connectivity index (χ4n) is 1.43. The first-order valence-electron chi connectivity index (χ1n) is 4.28. The van der Waals surface area contributed by atoms with E-state index in [9.17, 15) is 5.11 Å².